The molecule has 0 bridgehead atoms. The number of hydrogen-bond acceptors (Lipinski definition) is 4. The summed E-state index contributed by atoms with van der Waals surface area (Å²) in [7, 11) is 4.17. The lowest BCUT2D eigenvalue weighted by Gasteiger charge is -2.33. The van der Waals surface area contributed by atoms with Crippen molar-refractivity contribution in [2.45, 2.75) is 33.2 Å². The van der Waals surface area contributed by atoms with Gasteiger partial charge in [-0.1, -0.05) is 20.8 Å². The molecule has 0 rings (SSSR count). The molecule has 1 unspecified atom stereocenters. The van der Waals surface area contributed by atoms with Gasteiger partial charge >= 0.3 is 0 Å². The molecule has 0 spiro atoms. The minimum atomic E-state index is -0.448. The third-order valence-electron chi connectivity index (χ3n) is 2.84. The van der Waals surface area contributed by atoms with E-state index in [2.05, 4.69) is 49.1 Å². The molecule has 0 heterocycles. The van der Waals surface area contributed by atoms with E-state index in [-0.39, 0.29) is 0 Å². The first-order valence-corrected chi connectivity index (χ1v) is 6.86. The summed E-state index contributed by atoms with van der Waals surface area (Å²) >= 11 is 0. The van der Waals surface area contributed by atoms with Gasteiger partial charge in [0, 0.05) is 26.2 Å². The van der Waals surface area contributed by atoms with Gasteiger partial charge in [-0.3, -0.25) is 10.2 Å². The van der Waals surface area contributed by atoms with Gasteiger partial charge < -0.3 is 4.90 Å². The Kier molecular flexibility index (Phi) is 8.17. The van der Waals surface area contributed by atoms with Crippen molar-refractivity contribution in [2.24, 2.45) is 5.92 Å². The number of likely N-dealkylation sites (N-methyl/N-ethyl adjacent to an activating group) is 2. The minimum Gasteiger partial charge on any atom is -0.308 e. The van der Waals surface area contributed by atoms with Crippen LogP contribution in [0.1, 0.15) is 27.7 Å². The Labute approximate surface area is 113 Å². The molecule has 0 radical (unpaired) electrons. The molecule has 1 N–H and O–H groups in total. The van der Waals surface area contributed by atoms with Crippen LogP contribution in [0.2, 0.25) is 0 Å². The second kappa shape index (κ2) is 8.47. The zero-order valence-electron chi connectivity index (χ0n) is 13.0. The summed E-state index contributed by atoms with van der Waals surface area (Å²) in [5, 5.41) is 12.6. The van der Waals surface area contributed by atoms with Crippen molar-refractivity contribution in [1.82, 2.24) is 15.1 Å². The second-order valence-electron chi connectivity index (χ2n) is 5.91. The first kappa shape index (κ1) is 17.4. The highest BCUT2D eigenvalue weighted by Crippen LogP contribution is 2.08. The van der Waals surface area contributed by atoms with Gasteiger partial charge in [0.05, 0.1) is 6.07 Å². The monoisotopic (exact) mass is 254 g/mol. The van der Waals surface area contributed by atoms with Crippen LogP contribution in [0.4, 0.5) is 0 Å². The highest BCUT2D eigenvalue weighted by Gasteiger charge is 2.25. The van der Waals surface area contributed by atoms with Crippen LogP contribution in [0.3, 0.4) is 0 Å². The van der Waals surface area contributed by atoms with E-state index in [9.17, 15) is 5.26 Å². The van der Waals surface area contributed by atoms with Crippen LogP contribution in [-0.4, -0.2) is 62.2 Å². The summed E-state index contributed by atoms with van der Waals surface area (Å²) in [5.74, 6) is 0.622. The van der Waals surface area contributed by atoms with Crippen molar-refractivity contribution in [3.63, 3.8) is 0 Å². The molecule has 0 amide bonds. The van der Waals surface area contributed by atoms with Crippen molar-refractivity contribution in [3.8, 4) is 6.07 Å². The van der Waals surface area contributed by atoms with Crippen LogP contribution in [0, 0.1) is 17.2 Å². The molecule has 0 fully saturated rings. The molecular weight excluding hydrogens is 224 g/mol. The van der Waals surface area contributed by atoms with E-state index in [1.54, 1.807) is 0 Å². The lowest BCUT2D eigenvalue weighted by molar-refractivity contribution is 0.184. The third-order valence-corrected chi connectivity index (χ3v) is 2.84. The van der Waals surface area contributed by atoms with Crippen LogP contribution in [0.5, 0.6) is 0 Å². The quantitative estimate of drug-likeness (QED) is 0.675. The fourth-order valence-electron chi connectivity index (χ4n) is 2.06. The van der Waals surface area contributed by atoms with Crippen LogP contribution in [0.15, 0.2) is 0 Å². The average molecular weight is 254 g/mol. The van der Waals surface area contributed by atoms with E-state index < -0.39 is 5.54 Å². The highest BCUT2D eigenvalue weighted by molar-refractivity contribution is 5.05. The number of nitrogens with one attached hydrogen (secondary N) is 1. The first-order chi connectivity index (χ1) is 8.33. The van der Waals surface area contributed by atoms with Gasteiger partial charge in [-0.05, 0) is 33.5 Å². The van der Waals surface area contributed by atoms with Gasteiger partial charge in [0.15, 0.2) is 0 Å². The number of nitrogens with zero attached hydrogens (tertiary/aromatic N) is 3. The summed E-state index contributed by atoms with van der Waals surface area (Å²) in [6.45, 7) is 13.2. The summed E-state index contributed by atoms with van der Waals surface area (Å²) < 4.78 is 0. The van der Waals surface area contributed by atoms with E-state index in [0.29, 0.717) is 5.92 Å². The lowest BCUT2D eigenvalue weighted by atomic mass is 10.0. The van der Waals surface area contributed by atoms with Gasteiger partial charge in [-0.15, -0.1) is 0 Å². The van der Waals surface area contributed by atoms with Crippen molar-refractivity contribution in [2.75, 3.05) is 46.8 Å². The fraction of sp³-hybridized carbons (Fsp3) is 0.929. The van der Waals surface area contributed by atoms with Crippen molar-refractivity contribution < 1.29 is 0 Å². The molecule has 0 aliphatic rings. The Morgan fingerprint density at radius 1 is 1.28 bits per heavy atom. The maximum absolute atomic E-state index is 9.33. The van der Waals surface area contributed by atoms with Crippen molar-refractivity contribution in [3.05, 3.63) is 0 Å². The molecule has 0 aliphatic carbocycles. The molecule has 4 nitrogen and oxygen atoms in total. The zero-order chi connectivity index (χ0) is 14.2. The average Bonchev–Trinajstić information content (AvgIpc) is 2.25. The first-order valence-electron chi connectivity index (χ1n) is 6.86. The largest absolute Gasteiger partial charge is 0.308 e. The molecule has 0 aliphatic heterocycles. The predicted molar refractivity (Wildman–Crippen MR) is 77.5 cm³/mol. The Hall–Kier alpha value is -0.630. The SMILES string of the molecule is CCNC(C)(C#N)CN(CCN(C)C)CC(C)C. The van der Waals surface area contributed by atoms with E-state index in [0.717, 1.165) is 32.7 Å². The zero-order valence-corrected chi connectivity index (χ0v) is 13.0. The van der Waals surface area contributed by atoms with Crippen molar-refractivity contribution >= 4 is 0 Å². The molecular formula is C14H30N4. The normalized spacial score (nSPS) is 15.1. The van der Waals surface area contributed by atoms with Crippen LogP contribution in [-0.2, 0) is 0 Å². The maximum atomic E-state index is 9.33. The molecule has 0 aromatic rings. The van der Waals surface area contributed by atoms with Crippen LogP contribution in [0.25, 0.3) is 0 Å². The molecule has 0 saturated carbocycles. The van der Waals surface area contributed by atoms with Gasteiger partial charge in [0.2, 0.25) is 0 Å². The summed E-state index contributed by atoms with van der Waals surface area (Å²) in [6.07, 6.45) is 0. The standard InChI is InChI=1S/C14H30N4/c1-7-16-14(4,11-15)12-18(10-13(2)3)9-8-17(5)6/h13,16H,7-10,12H2,1-6H3. The Morgan fingerprint density at radius 2 is 1.89 bits per heavy atom. The van der Waals surface area contributed by atoms with Gasteiger partial charge in [-0.25, -0.2) is 0 Å². The Morgan fingerprint density at radius 3 is 2.28 bits per heavy atom. The van der Waals surface area contributed by atoms with E-state index >= 15 is 0 Å². The summed E-state index contributed by atoms with van der Waals surface area (Å²) in [6, 6.07) is 2.40. The van der Waals surface area contributed by atoms with E-state index in [1.165, 1.54) is 0 Å². The second-order valence-corrected chi connectivity index (χ2v) is 5.91. The topological polar surface area (TPSA) is 42.3 Å². The van der Waals surface area contributed by atoms with E-state index in [4.69, 9.17) is 0 Å². The number of rotatable bonds is 9. The molecule has 106 valence electrons. The van der Waals surface area contributed by atoms with Gasteiger partial charge in [0.25, 0.3) is 0 Å². The Bertz CT molecular complexity index is 257. The summed E-state index contributed by atoms with van der Waals surface area (Å²) in [4.78, 5) is 4.57. The smallest absolute Gasteiger partial charge is 0.116 e. The van der Waals surface area contributed by atoms with Gasteiger partial charge in [0.1, 0.15) is 5.54 Å². The number of nitriles is 1. The van der Waals surface area contributed by atoms with E-state index in [1.807, 2.05) is 13.8 Å². The predicted octanol–water partition coefficient (Wildman–Crippen LogP) is 1.40. The van der Waals surface area contributed by atoms with Crippen LogP contribution >= 0.6 is 0 Å². The molecule has 0 saturated heterocycles. The molecule has 4 heteroatoms. The fourth-order valence-corrected chi connectivity index (χ4v) is 2.06. The third kappa shape index (κ3) is 7.65. The molecule has 1 atom stereocenters. The minimum absolute atomic E-state index is 0.448. The highest BCUT2D eigenvalue weighted by atomic mass is 15.2. The molecule has 18 heavy (non-hydrogen) atoms. The maximum Gasteiger partial charge on any atom is 0.116 e. The molecule has 0 aromatic carbocycles. The van der Waals surface area contributed by atoms with Crippen molar-refractivity contribution in [1.29, 1.82) is 5.26 Å². The van der Waals surface area contributed by atoms with Gasteiger partial charge in [-0.2, -0.15) is 5.26 Å². The number of hydrogen-bond donors (Lipinski definition) is 1. The van der Waals surface area contributed by atoms with Crippen LogP contribution < -0.4 is 5.32 Å². The molecule has 0 aromatic heterocycles. The summed E-state index contributed by atoms with van der Waals surface area (Å²) in [5.41, 5.74) is -0.448. The Balaban J connectivity index is 4.50. The lowest BCUT2D eigenvalue weighted by Crippen LogP contribution is -2.52.